The second-order valence-electron chi connectivity index (χ2n) is 5.30. The molecule has 0 aliphatic carbocycles. The lowest BCUT2D eigenvalue weighted by molar-refractivity contribution is 0.592. The quantitative estimate of drug-likeness (QED) is 0.754. The molecule has 0 aliphatic heterocycles. The fourth-order valence-corrected chi connectivity index (χ4v) is 1.98. The standard InChI is InChI=1S/C15H18N2/c1-15(2,3)14-7-6-12(16)9-13(14)11-5-4-8-17-10-11/h4-10H,16H2,1-3H3. The van der Waals surface area contributed by atoms with Crippen LogP contribution in [0.3, 0.4) is 0 Å². The molecule has 1 aromatic carbocycles. The van der Waals surface area contributed by atoms with Crippen LogP contribution in [0, 0.1) is 0 Å². The molecule has 0 unspecified atom stereocenters. The number of nitrogens with two attached hydrogens (primary N) is 1. The van der Waals surface area contributed by atoms with Crippen LogP contribution >= 0.6 is 0 Å². The van der Waals surface area contributed by atoms with Crippen LogP contribution in [0.25, 0.3) is 11.1 Å². The molecular weight excluding hydrogens is 208 g/mol. The van der Waals surface area contributed by atoms with E-state index in [1.54, 1.807) is 6.20 Å². The Morgan fingerprint density at radius 3 is 2.47 bits per heavy atom. The second-order valence-corrected chi connectivity index (χ2v) is 5.30. The third-order valence-corrected chi connectivity index (χ3v) is 2.82. The molecule has 0 fully saturated rings. The molecule has 17 heavy (non-hydrogen) atoms. The summed E-state index contributed by atoms with van der Waals surface area (Å²) < 4.78 is 0. The zero-order valence-electron chi connectivity index (χ0n) is 10.6. The highest BCUT2D eigenvalue weighted by atomic mass is 14.6. The van der Waals surface area contributed by atoms with E-state index in [1.165, 1.54) is 11.1 Å². The van der Waals surface area contributed by atoms with Crippen molar-refractivity contribution in [3.05, 3.63) is 48.3 Å². The number of anilines is 1. The van der Waals surface area contributed by atoms with Crippen molar-refractivity contribution in [2.75, 3.05) is 5.73 Å². The molecule has 0 saturated heterocycles. The van der Waals surface area contributed by atoms with Gasteiger partial charge in [0, 0.05) is 23.6 Å². The van der Waals surface area contributed by atoms with Gasteiger partial charge in [-0.15, -0.1) is 0 Å². The van der Waals surface area contributed by atoms with Gasteiger partial charge in [-0.2, -0.15) is 0 Å². The van der Waals surface area contributed by atoms with Gasteiger partial charge in [-0.3, -0.25) is 4.98 Å². The van der Waals surface area contributed by atoms with E-state index in [0.717, 1.165) is 11.3 Å². The third-order valence-electron chi connectivity index (χ3n) is 2.82. The van der Waals surface area contributed by atoms with Crippen LogP contribution < -0.4 is 5.73 Å². The molecule has 0 aliphatic rings. The molecule has 0 amide bonds. The predicted molar refractivity (Wildman–Crippen MR) is 72.8 cm³/mol. The molecule has 2 nitrogen and oxygen atoms in total. The maximum atomic E-state index is 5.89. The van der Waals surface area contributed by atoms with Crippen molar-refractivity contribution in [2.24, 2.45) is 0 Å². The second kappa shape index (κ2) is 4.21. The highest BCUT2D eigenvalue weighted by molar-refractivity contribution is 5.71. The van der Waals surface area contributed by atoms with E-state index in [9.17, 15) is 0 Å². The highest BCUT2D eigenvalue weighted by Crippen LogP contribution is 2.33. The average Bonchev–Trinajstić information content (AvgIpc) is 2.28. The number of rotatable bonds is 1. The van der Waals surface area contributed by atoms with Gasteiger partial charge in [-0.25, -0.2) is 0 Å². The summed E-state index contributed by atoms with van der Waals surface area (Å²) in [5.74, 6) is 0. The molecule has 88 valence electrons. The topological polar surface area (TPSA) is 38.9 Å². The van der Waals surface area contributed by atoms with Crippen LogP contribution in [-0.4, -0.2) is 4.98 Å². The zero-order chi connectivity index (χ0) is 12.5. The van der Waals surface area contributed by atoms with Crippen molar-refractivity contribution >= 4 is 5.69 Å². The van der Waals surface area contributed by atoms with Gasteiger partial charge < -0.3 is 5.73 Å². The van der Waals surface area contributed by atoms with Crippen molar-refractivity contribution in [3.8, 4) is 11.1 Å². The molecule has 0 saturated carbocycles. The molecular formula is C15H18N2. The van der Waals surface area contributed by atoms with E-state index in [1.807, 2.05) is 24.4 Å². The molecule has 0 radical (unpaired) electrons. The Hall–Kier alpha value is -1.83. The number of hydrogen-bond donors (Lipinski definition) is 1. The summed E-state index contributed by atoms with van der Waals surface area (Å²) in [5, 5.41) is 0. The van der Waals surface area contributed by atoms with E-state index in [0.29, 0.717) is 0 Å². The van der Waals surface area contributed by atoms with Gasteiger partial charge in [-0.1, -0.05) is 32.9 Å². The Balaban J connectivity index is 2.64. The first kappa shape index (κ1) is 11.6. The Bertz CT molecular complexity index is 510. The largest absolute Gasteiger partial charge is 0.399 e. The fourth-order valence-electron chi connectivity index (χ4n) is 1.98. The smallest absolute Gasteiger partial charge is 0.0346 e. The third kappa shape index (κ3) is 2.47. The van der Waals surface area contributed by atoms with Crippen molar-refractivity contribution in [1.82, 2.24) is 4.98 Å². The monoisotopic (exact) mass is 226 g/mol. The molecule has 2 rings (SSSR count). The van der Waals surface area contributed by atoms with Crippen molar-refractivity contribution < 1.29 is 0 Å². The zero-order valence-corrected chi connectivity index (χ0v) is 10.6. The van der Waals surface area contributed by atoms with Crippen molar-refractivity contribution in [3.63, 3.8) is 0 Å². The van der Waals surface area contributed by atoms with Gasteiger partial charge in [0.25, 0.3) is 0 Å². The van der Waals surface area contributed by atoms with E-state index in [-0.39, 0.29) is 5.41 Å². The van der Waals surface area contributed by atoms with Gasteiger partial charge in [0.1, 0.15) is 0 Å². The molecule has 2 N–H and O–H groups in total. The maximum absolute atomic E-state index is 5.89. The minimum atomic E-state index is 0.0961. The first-order valence-electron chi connectivity index (χ1n) is 5.79. The van der Waals surface area contributed by atoms with Gasteiger partial charge in [0.2, 0.25) is 0 Å². The van der Waals surface area contributed by atoms with Crippen LogP contribution in [-0.2, 0) is 5.41 Å². The van der Waals surface area contributed by atoms with Crippen molar-refractivity contribution in [1.29, 1.82) is 0 Å². The number of nitrogen functional groups attached to an aromatic ring is 1. The van der Waals surface area contributed by atoms with Crippen LogP contribution in [0.4, 0.5) is 5.69 Å². The van der Waals surface area contributed by atoms with E-state index < -0.39 is 0 Å². The summed E-state index contributed by atoms with van der Waals surface area (Å²) in [6.45, 7) is 6.62. The van der Waals surface area contributed by atoms with Gasteiger partial charge in [-0.05, 0) is 34.7 Å². The normalized spacial score (nSPS) is 11.5. The fraction of sp³-hybridized carbons (Fsp3) is 0.267. The molecule has 0 atom stereocenters. The summed E-state index contributed by atoms with van der Waals surface area (Å²) >= 11 is 0. The Labute approximate surface area is 103 Å². The molecule has 2 aromatic rings. The summed E-state index contributed by atoms with van der Waals surface area (Å²) in [6, 6.07) is 10.1. The number of hydrogen-bond acceptors (Lipinski definition) is 2. The van der Waals surface area contributed by atoms with E-state index >= 15 is 0 Å². The Morgan fingerprint density at radius 1 is 1.12 bits per heavy atom. The molecule has 2 heteroatoms. The van der Waals surface area contributed by atoms with Crippen LogP contribution in [0.2, 0.25) is 0 Å². The van der Waals surface area contributed by atoms with Crippen LogP contribution in [0.1, 0.15) is 26.3 Å². The number of aromatic nitrogens is 1. The summed E-state index contributed by atoms with van der Waals surface area (Å²) in [7, 11) is 0. The van der Waals surface area contributed by atoms with Crippen molar-refractivity contribution in [2.45, 2.75) is 26.2 Å². The summed E-state index contributed by atoms with van der Waals surface area (Å²) in [6.07, 6.45) is 3.66. The lowest BCUT2D eigenvalue weighted by Crippen LogP contribution is -2.13. The average molecular weight is 226 g/mol. The number of benzene rings is 1. The van der Waals surface area contributed by atoms with Gasteiger partial charge >= 0.3 is 0 Å². The van der Waals surface area contributed by atoms with E-state index in [4.69, 9.17) is 5.73 Å². The molecule has 1 heterocycles. The minimum absolute atomic E-state index is 0.0961. The molecule has 0 bridgehead atoms. The minimum Gasteiger partial charge on any atom is -0.399 e. The molecule has 1 aromatic heterocycles. The Kier molecular flexibility index (Phi) is 2.88. The van der Waals surface area contributed by atoms with Gasteiger partial charge in [0.05, 0.1) is 0 Å². The lowest BCUT2D eigenvalue weighted by atomic mass is 9.82. The molecule has 0 spiro atoms. The lowest BCUT2D eigenvalue weighted by Gasteiger charge is -2.23. The maximum Gasteiger partial charge on any atom is 0.0346 e. The van der Waals surface area contributed by atoms with Gasteiger partial charge in [0.15, 0.2) is 0 Å². The highest BCUT2D eigenvalue weighted by Gasteiger charge is 2.18. The first-order chi connectivity index (χ1) is 7.98. The number of nitrogens with zero attached hydrogens (tertiary/aromatic N) is 1. The SMILES string of the molecule is CC(C)(C)c1ccc(N)cc1-c1cccnc1. The first-order valence-corrected chi connectivity index (χ1v) is 5.79. The van der Waals surface area contributed by atoms with E-state index in [2.05, 4.69) is 37.9 Å². The predicted octanol–water partition coefficient (Wildman–Crippen LogP) is 3.63. The number of pyridine rings is 1. The summed E-state index contributed by atoms with van der Waals surface area (Å²) in [5.41, 5.74) is 10.4. The Morgan fingerprint density at radius 2 is 1.88 bits per heavy atom. The summed E-state index contributed by atoms with van der Waals surface area (Å²) in [4.78, 5) is 4.17. The van der Waals surface area contributed by atoms with Crippen LogP contribution in [0.5, 0.6) is 0 Å². The van der Waals surface area contributed by atoms with Crippen LogP contribution in [0.15, 0.2) is 42.7 Å².